The van der Waals surface area contributed by atoms with Crippen LogP contribution in [0.1, 0.15) is 11.1 Å². The van der Waals surface area contributed by atoms with Crippen molar-refractivity contribution < 1.29 is 9.31 Å². The standard InChI is InChI=1S/C9H7Cl3FNO2/c1-5-2-6(14(15)16)3-8(13)7(5)4-9(10,11)12/h2-3H,4H2,1H3. The Balaban J connectivity index is 3.18. The molecule has 1 aromatic carbocycles. The second kappa shape index (κ2) is 4.73. The average Bonchev–Trinajstić information content (AvgIpc) is 2.09. The van der Waals surface area contributed by atoms with Gasteiger partial charge in [0.15, 0.2) is 3.79 Å². The lowest BCUT2D eigenvalue weighted by atomic mass is 10.0. The summed E-state index contributed by atoms with van der Waals surface area (Å²) < 4.78 is 11.9. The summed E-state index contributed by atoms with van der Waals surface area (Å²) in [4.78, 5) is 9.79. The van der Waals surface area contributed by atoms with E-state index in [0.717, 1.165) is 6.07 Å². The number of rotatable bonds is 2. The first-order valence-corrected chi connectivity index (χ1v) is 5.34. The Hall–Kier alpha value is -0.580. The van der Waals surface area contributed by atoms with E-state index in [2.05, 4.69) is 0 Å². The van der Waals surface area contributed by atoms with Crippen LogP contribution >= 0.6 is 34.8 Å². The van der Waals surface area contributed by atoms with Gasteiger partial charge in [-0.15, -0.1) is 0 Å². The minimum absolute atomic E-state index is 0.132. The fourth-order valence-electron chi connectivity index (χ4n) is 1.29. The number of nitro benzene ring substituents is 1. The SMILES string of the molecule is Cc1cc([N+](=O)[O-])cc(F)c1CC(Cl)(Cl)Cl. The average molecular weight is 287 g/mol. The predicted molar refractivity (Wildman–Crippen MR) is 61.8 cm³/mol. The van der Waals surface area contributed by atoms with Crippen molar-refractivity contribution in [3.63, 3.8) is 0 Å². The van der Waals surface area contributed by atoms with Crippen molar-refractivity contribution in [1.29, 1.82) is 0 Å². The fraction of sp³-hybridized carbons (Fsp3) is 0.333. The highest BCUT2D eigenvalue weighted by Gasteiger charge is 2.25. The minimum Gasteiger partial charge on any atom is -0.258 e. The molecule has 0 aliphatic rings. The number of aryl methyl sites for hydroxylation is 1. The van der Waals surface area contributed by atoms with E-state index in [1.165, 1.54) is 13.0 Å². The van der Waals surface area contributed by atoms with Gasteiger partial charge < -0.3 is 0 Å². The smallest absolute Gasteiger partial charge is 0.258 e. The highest BCUT2D eigenvalue weighted by atomic mass is 35.6. The van der Waals surface area contributed by atoms with Gasteiger partial charge in [-0.3, -0.25) is 10.1 Å². The van der Waals surface area contributed by atoms with Crippen LogP contribution in [0.4, 0.5) is 10.1 Å². The molecule has 0 fully saturated rings. The van der Waals surface area contributed by atoms with Crippen LogP contribution in [0.3, 0.4) is 0 Å². The summed E-state index contributed by atoms with van der Waals surface area (Å²) in [6, 6.07) is 2.06. The van der Waals surface area contributed by atoms with Crippen molar-refractivity contribution in [2.24, 2.45) is 0 Å². The zero-order valence-corrected chi connectivity index (χ0v) is 10.4. The van der Waals surface area contributed by atoms with Crippen molar-refractivity contribution in [3.05, 3.63) is 39.2 Å². The van der Waals surface area contributed by atoms with Gasteiger partial charge in [-0.25, -0.2) is 4.39 Å². The number of halogens is 4. The highest BCUT2D eigenvalue weighted by Crippen LogP contribution is 2.33. The van der Waals surface area contributed by atoms with Crippen LogP contribution in [-0.2, 0) is 6.42 Å². The Morgan fingerprint density at radius 2 is 2.00 bits per heavy atom. The van der Waals surface area contributed by atoms with E-state index in [9.17, 15) is 14.5 Å². The van der Waals surface area contributed by atoms with Gasteiger partial charge in [0.05, 0.1) is 11.0 Å². The number of nitro groups is 1. The normalized spacial score (nSPS) is 11.6. The summed E-state index contributed by atoms with van der Waals surface area (Å²) in [6.07, 6.45) is -0.132. The predicted octanol–water partition coefficient (Wildman–Crippen LogP) is 3.96. The largest absolute Gasteiger partial charge is 0.272 e. The molecule has 0 unspecified atom stereocenters. The molecule has 0 saturated heterocycles. The third-order valence-corrected chi connectivity index (χ3v) is 2.39. The van der Waals surface area contributed by atoms with E-state index in [-0.39, 0.29) is 17.7 Å². The number of alkyl halides is 3. The molecular weight excluding hydrogens is 279 g/mol. The van der Waals surface area contributed by atoms with Gasteiger partial charge in [0.1, 0.15) is 5.82 Å². The first-order chi connectivity index (χ1) is 7.20. The Kier molecular flexibility index (Phi) is 3.99. The molecule has 0 amide bonds. The molecule has 0 aromatic heterocycles. The molecule has 1 aromatic rings. The van der Waals surface area contributed by atoms with Crippen LogP contribution in [0.25, 0.3) is 0 Å². The third kappa shape index (κ3) is 3.47. The molecule has 88 valence electrons. The molecule has 0 aliphatic heterocycles. The second-order valence-corrected chi connectivity index (χ2v) is 5.79. The molecule has 0 saturated carbocycles. The molecule has 0 N–H and O–H groups in total. The van der Waals surface area contributed by atoms with Gasteiger partial charge in [0, 0.05) is 12.5 Å². The summed E-state index contributed by atoms with van der Waals surface area (Å²) in [7, 11) is 0. The lowest BCUT2D eigenvalue weighted by molar-refractivity contribution is -0.385. The van der Waals surface area contributed by atoms with Crippen LogP contribution < -0.4 is 0 Å². The maximum atomic E-state index is 13.5. The van der Waals surface area contributed by atoms with Crippen molar-refractivity contribution in [2.45, 2.75) is 17.1 Å². The molecule has 0 radical (unpaired) electrons. The Morgan fingerprint density at radius 1 is 1.44 bits per heavy atom. The topological polar surface area (TPSA) is 43.1 Å². The minimum atomic E-state index is -1.62. The lowest BCUT2D eigenvalue weighted by Crippen LogP contribution is -2.10. The van der Waals surface area contributed by atoms with Gasteiger partial charge in [-0.1, -0.05) is 34.8 Å². The number of hydrogen-bond acceptors (Lipinski definition) is 2. The highest BCUT2D eigenvalue weighted by molar-refractivity contribution is 6.67. The van der Waals surface area contributed by atoms with Gasteiger partial charge >= 0.3 is 0 Å². The number of nitrogens with zero attached hydrogens (tertiary/aromatic N) is 1. The monoisotopic (exact) mass is 285 g/mol. The molecular formula is C9H7Cl3FNO2. The number of hydrogen-bond donors (Lipinski definition) is 0. The van der Waals surface area contributed by atoms with Crippen LogP contribution in [0.5, 0.6) is 0 Å². The summed E-state index contributed by atoms with van der Waals surface area (Å²) in [5, 5.41) is 10.5. The van der Waals surface area contributed by atoms with E-state index in [1.54, 1.807) is 0 Å². The summed E-state index contributed by atoms with van der Waals surface area (Å²) >= 11 is 16.6. The van der Waals surface area contributed by atoms with Crippen LogP contribution in [0.15, 0.2) is 12.1 Å². The third-order valence-electron chi connectivity index (χ3n) is 1.99. The maximum absolute atomic E-state index is 13.5. The van der Waals surface area contributed by atoms with Gasteiger partial charge in [-0.05, 0) is 18.1 Å². The molecule has 0 aliphatic carbocycles. The molecule has 0 spiro atoms. The molecule has 7 heteroatoms. The van der Waals surface area contributed by atoms with E-state index in [4.69, 9.17) is 34.8 Å². The Bertz CT molecular complexity index is 408. The van der Waals surface area contributed by atoms with E-state index >= 15 is 0 Å². The first-order valence-electron chi connectivity index (χ1n) is 4.21. The van der Waals surface area contributed by atoms with Crippen molar-refractivity contribution in [3.8, 4) is 0 Å². The van der Waals surface area contributed by atoms with Crippen LogP contribution in [0, 0.1) is 22.9 Å². The molecule has 16 heavy (non-hydrogen) atoms. The Morgan fingerprint density at radius 3 is 2.38 bits per heavy atom. The molecule has 1 rings (SSSR count). The first kappa shape index (κ1) is 13.5. The lowest BCUT2D eigenvalue weighted by Gasteiger charge is -2.13. The maximum Gasteiger partial charge on any atom is 0.272 e. The van der Waals surface area contributed by atoms with E-state index < -0.39 is 14.5 Å². The molecule has 0 bridgehead atoms. The zero-order chi connectivity index (χ0) is 12.5. The fourth-order valence-corrected chi connectivity index (χ4v) is 1.69. The Labute approximate surface area is 106 Å². The van der Waals surface area contributed by atoms with Crippen LogP contribution in [0.2, 0.25) is 0 Å². The van der Waals surface area contributed by atoms with E-state index in [0.29, 0.717) is 5.56 Å². The number of non-ortho nitro benzene ring substituents is 1. The zero-order valence-electron chi connectivity index (χ0n) is 8.14. The van der Waals surface area contributed by atoms with Crippen LogP contribution in [-0.4, -0.2) is 8.72 Å². The van der Waals surface area contributed by atoms with E-state index in [1.807, 2.05) is 0 Å². The molecule has 3 nitrogen and oxygen atoms in total. The van der Waals surface area contributed by atoms with Gasteiger partial charge in [0.2, 0.25) is 0 Å². The summed E-state index contributed by atoms with van der Waals surface area (Å²) in [5.41, 5.74) is 0.242. The molecule has 0 atom stereocenters. The van der Waals surface area contributed by atoms with Crippen molar-refractivity contribution in [1.82, 2.24) is 0 Å². The van der Waals surface area contributed by atoms with Gasteiger partial charge in [-0.2, -0.15) is 0 Å². The number of benzene rings is 1. The second-order valence-electron chi connectivity index (χ2n) is 3.27. The summed E-state index contributed by atoms with van der Waals surface area (Å²) in [5.74, 6) is -0.738. The van der Waals surface area contributed by atoms with Gasteiger partial charge in [0.25, 0.3) is 5.69 Å². The van der Waals surface area contributed by atoms with Crippen molar-refractivity contribution in [2.75, 3.05) is 0 Å². The van der Waals surface area contributed by atoms with Crippen molar-refractivity contribution >= 4 is 40.5 Å². The molecule has 0 heterocycles. The summed E-state index contributed by atoms with van der Waals surface area (Å²) in [6.45, 7) is 1.53. The quantitative estimate of drug-likeness (QED) is 0.469.